The summed E-state index contributed by atoms with van der Waals surface area (Å²) in [5.74, 6) is -0.821. The number of nitrogens with one attached hydrogen (secondary N) is 4. The van der Waals surface area contributed by atoms with E-state index in [2.05, 4.69) is 44.1 Å². The maximum absolute atomic E-state index is 13.2. The highest BCUT2D eigenvalue weighted by Gasteiger charge is 2.36. The fourth-order valence-electron chi connectivity index (χ4n) is 4.86. The SMILES string of the molecule is CC(C)CN(c1ccc(-c2ccccc2C(=N)NN=N)cc1Nc1nc(C(F)(F)F)ns1)C1CCCCC1. The number of rotatable bonds is 9. The molecule has 0 atom stereocenters. The lowest BCUT2D eigenvalue weighted by Crippen LogP contribution is -2.39. The Labute approximate surface area is 223 Å². The van der Waals surface area contributed by atoms with Gasteiger partial charge in [0, 0.05) is 29.7 Å². The molecule has 0 bridgehead atoms. The Morgan fingerprint density at radius 3 is 2.55 bits per heavy atom. The van der Waals surface area contributed by atoms with E-state index in [9.17, 15) is 13.2 Å². The molecule has 202 valence electrons. The van der Waals surface area contributed by atoms with Crippen LogP contribution in [0.1, 0.15) is 57.3 Å². The first-order chi connectivity index (χ1) is 18.2. The molecule has 0 saturated heterocycles. The Kier molecular flexibility index (Phi) is 8.60. The second-order valence-electron chi connectivity index (χ2n) is 9.76. The van der Waals surface area contributed by atoms with Crippen LogP contribution >= 0.6 is 11.5 Å². The van der Waals surface area contributed by atoms with E-state index in [1.807, 2.05) is 30.3 Å². The molecule has 1 fully saturated rings. The standard InChI is InChI=1S/C26H31F3N8S/c1-16(2)15-37(18-8-4-3-5-9-18)22-13-12-17(19-10-6-7-11-20(19)23(30)34-36-31)14-21(22)32-25-33-24(35-38-25)26(27,28)29/h6-7,10-14,16,18H,3-5,8-9,15H2,1-2H3,(H3,30,31,34)(H,32,33,35). The quantitative estimate of drug-likeness (QED) is 0.0958. The summed E-state index contributed by atoms with van der Waals surface area (Å²) in [4.78, 5) is 6.07. The molecule has 0 radical (unpaired) electrons. The van der Waals surface area contributed by atoms with E-state index in [1.54, 1.807) is 12.1 Å². The van der Waals surface area contributed by atoms with Gasteiger partial charge in [0.1, 0.15) is 5.84 Å². The van der Waals surface area contributed by atoms with Gasteiger partial charge in [-0.2, -0.15) is 28.1 Å². The van der Waals surface area contributed by atoms with Crippen LogP contribution in [0.3, 0.4) is 0 Å². The maximum atomic E-state index is 13.2. The van der Waals surface area contributed by atoms with Crippen molar-refractivity contribution in [3.8, 4) is 11.1 Å². The van der Waals surface area contributed by atoms with Crippen molar-refractivity contribution in [1.29, 1.82) is 10.9 Å². The third-order valence-electron chi connectivity index (χ3n) is 6.48. The van der Waals surface area contributed by atoms with E-state index in [1.165, 1.54) is 6.42 Å². The van der Waals surface area contributed by atoms with Crippen molar-refractivity contribution in [1.82, 2.24) is 14.8 Å². The first kappa shape index (κ1) is 27.5. The molecule has 12 heteroatoms. The van der Waals surface area contributed by atoms with Crippen LogP contribution in [0.2, 0.25) is 0 Å². The number of benzene rings is 2. The van der Waals surface area contributed by atoms with Gasteiger partial charge < -0.3 is 10.2 Å². The zero-order chi connectivity index (χ0) is 27.3. The maximum Gasteiger partial charge on any atom is 0.452 e. The molecular formula is C26H31F3N8S. The minimum atomic E-state index is -4.62. The second-order valence-corrected chi connectivity index (χ2v) is 10.5. The summed E-state index contributed by atoms with van der Waals surface area (Å²) < 4.78 is 43.1. The normalized spacial score (nSPS) is 14.4. The zero-order valence-electron chi connectivity index (χ0n) is 21.3. The van der Waals surface area contributed by atoms with Crippen molar-refractivity contribution in [2.75, 3.05) is 16.8 Å². The van der Waals surface area contributed by atoms with Crippen molar-refractivity contribution in [3.63, 3.8) is 0 Å². The van der Waals surface area contributed by atoms with Crippen LogP contribution in [0.4, 0.5) is 29.7 Å². The number of aromatic nitrogens is 2. The average molecular weight is 545 g/mol. The largest absolute Gasteiger partial charge is 0.452 e. The predicted molar refractivity (Wildman–Crippen MR) is 144 cm³/mol. The first-order valence-electron chi connectivity index (χ1n) is 12.6. The fraction of sp³-hybridized carbons (Fsp3) is 0.423. The van der Waals surface area contributed by atoms with Gasteiger partial charge in [-0.15, -0.1) is 0 Å². The molecule has 3 aromatic rings. The number of nitrogens with zero attached hydrogens (tertiary/aromatic N) is 4. The van der Waals surface area contributed by atoms with E-state index in [0.29, 0.717) is 34.7 Å². The highest BCUT2D eigenvalue weighted by molar-refractivity contribution is 7.09. The van der Waals surface area contributed by atoms with E-state index in [-0.39, 0.29) is 11.0 Å². The molecular weight excluding hydrogens is 513 g/mol. The van der Waals surface area contributed by atoms with Crippen molar-refractivity contribution in [2.45, 2.75) is 58.2 Å². The van der Waals surface area contributed by atoms with Gasteiger partial charge in [0.05, 0.1) is 11.4 Å². The van der Waals surface area contributed by atoms with Crippen LogP contribution in [0.25, 0.3) is 11.1 Å². The second kappa shape index (κ2) is 11.9. The van der Waals surface area contributed by atoms with Gasteiger partial charge in [-0.25, -0.2) is 5.43 Å². The molecule has 4 rings (SSSR count). The molecule has 1 aromatic heterocycles. The van der Waals surface area contributed by atoms with Crippen molar-refractivity contribution < 1.29 is 13.2 Å². The Hall–Kier alpha value is -3.54. The van der Waals surface area contributed by atoms with Crippen LogP contribution < -0.4 is 15.6 Å². The lowest BCUT2D eigenvalue weighted by molar-refractivity contribution is -0.144. The Balaban J connectivity index is 1.81. The summed E-state index contributed by atoms with van der Waals surface area (Å²) in [5, 5.41) is 14.6. The lowest BCUT2D eigenvalue weighted by atomic mass is 9.92. The molecule has 38 heavy (non-hydrogen) atoms. The van der Waals surface area contributed by atoms with E-state index < -0.39 is 12.0 Å². The number of anilines is 3. The van der Waals surface area contributed by atoms with Gasteiger partial charge in [-0.3, -0.25) is 5.41 Å². The molecule has 2 aromatic carbocycles. The minimum absolute atomic E-state index is 0.0308. The molecule has 0 amide bonds. The molecule has 0 unspecified atom stereocenters. The van der Waals surface area contributed by atoms with Crippen molar-refractivity contribution >= 4 is 33.9 Å². The van der Waals surface area contributed by atoms with E-state index in [4.69, 9.17) is 10.9 Å². The Morgan fingerprint density at radius 1 is 1.16 bits per heavy atom. The van der Waals surface area contributed by atoms with Crippen LogP contribution in [-0.2, 0) is 6.18 Å². The highest BCUT2D eigenvalue weighted by atomic mass is 32.1. The summed E-state index contributed by atoms with van der Waals surface area (Å²) in [5.41, 5.74) is 13.0. The number of amidine groups is 1. The smallest absolute Gasteiger partial charge is 0.367 e. The van der Waals surface area contributed by atoms with E-state index >= 15 is 0 Å². The molecule has 1 saturated carbocycles. The van der Waals surface area contributed by atoms with Crippen LogP contribution in [0.5, 0.6) is 0 Å². The third kappa shape index (κ3) is 6.47. The highest BCUT2D eigenvalue weighted by Crippen LogP contribution is 2.39. The summed E-state index contributed by atoms with van der Waals surface area (Å²) >= 11 is 0.669. The summed E-state index contributed by atoms with van der Waals surface area (Å²) in [7, 11) is 0. The number of halogens is 3. The van der Waals surface area contributed by atoms with Gasteiger partial charge in [-0.05, 0) is 42.0 Å². The van der Waals surface area contributed by atoms with Crippen LogP contribution in [0.15, 0.2) is 47.7 Å². The lowest BCUT2D eigenvalue weighted by Gasteiger charge is -2.38. The van der Waals surface area contributed by atoms with Crippen LogP contribution in [-0.4, -0.2) is 27.8 Å². The molecule has 1 aliphatic rings. The molecule has 1 heterocycles. The third-order valence-corrected chi connectivity index (χ3v) is 7.11. The Morgan fingerprint density at radius 2 is 1.89 bits per heavy atom. The Bertz CT molecular complexity index is 1270. The van der Waals surface area contributed by atoms with Crippen LogP contribution in [0, 0.1) is 16.9 Å². The molecule has 1 aliphatic carbocycles. The topological polar surface area (TPSA) is 113 Å². The number of hydrogen-bond acceptors (Lipinski definition) is 8. The predicted octanol–water partition coefficient (Wildman–Crippen LogP) is 7.62. The van der Waals surface area contributed by atoms with E-state index in [0.717, 1.165) is 49.0 Å². The molecule has 0 spiro atoms. The number of hydrogen-bond donors (Lipinski definition) is 4. The van der Waals surface area contributed by atoms with Gasteiger partial charge in [0.2, 0.25) is 11.0 Å². The van der Waals surface area contributed by atoms with Crippen molar-refractivity contribution in [3.05, 3.63) is 53.9 Å². The molecule has 8 nitrogen and oxygen atoms in total. The average Bonchev–Trinajstić information content (AvgIpc) is 3.37. The zero-order valence-corrected chi connectivity index (χ0v) is 22.1. The van der Waals surface area contributed by atoms with Gasteiger partial charge >= 0.3 is 6.18 Å². The minimum Gasteiger partial charge on any atom is -0.367 e. The monoisotopic (exact) mass is 544 g/mol. The molecule has 0 aliphatic heterocycles. The summed E-state index contributed by atoms with van der Waals surface area (Å²) in [6, 6.07) is 13.4. The fourth-order valence-corrected chi connectivity index (χ4v) is 5.46. The number of alkyl halides is 3. The van der Waals surface area contributed by atoms with Gasteiger partial charge in [0.25, 0.3) is 0 Å². The summed E-state index contributed by atoms with van der Waals surface area (Å²) in [6.45, 7) is 5.12. The summed E-state index contributed by atoms with van der Waals surface area (Å²) in [6.07, 6.45) is 1.01. The molecule has 4 N–H and O–H groups in total. The van der Waals surface area contributed by atoms with Gasteiger partial charge in [-0.1, -0.05) is 68.7 Å². The van der Waals surface area contributed by atoms with Gasteiger partial charge in [0.15, 0.2) is 0 Å². The first-order valence-corrected chi connectivity index (χ1v) is 13.3. The van der Waals surface area contributed by atoms with Crippen molar-refractivity contribution in [2.24, 2.45) is 11.1 Å².